The number of nitrogens with zero attached hydrogens (tertiary/aromatic N) is 4. The third-order valence-electron chi connectivity index (χ3n) is 8.34. The fourth-order valence-electron chi connectivity index (χ4n) is 6.09. The van der Waals surface area contributed by atoms with Crippen LogP contribution in [0.25, 0.3) is 11.2 Å². The van der Waals surface area contributed by atoms with Gasteiger partial charge in [0.05, 0.1) is 33.4 Å². The number of fused-ring (bicyclic) bond motifs is 1. The molecule has 1 amide bonds. The summed E-state index contributed by atoms with van der Waals surface area (Å²) < 4.78 is 21.1. The van der Waals surface area contributed by atoms with Crippen LogP contribution in [-0.4, -0.2) is 45.9 Å². The van der Waals surface area contributed by atoms with E-state index in [-0.39, 0.29) is 43.4 Å². The lowest BCUT2D eigenvalue weighted by Crippen LogP contribution is -2.41. The topological polar surface area (TPSA) is 119 Å². The fraction of sp³-hybridized carbons (Fsp3) is 0.455. The van der Waals surface area contributed by atoms with Crippen molar-refractivity contribution in [3.8, 4) is 17.2 Å². The zero-order chi connectivity index (χ0) is 31.2. The molecular weight excluding hydrogens is 562 g/mol. The molecule has 1 aliphatic carbocycles. The molecule has 2 aromatic carbocycles. The van der Waals surface area contributed by atoms with Gasteiger partial charge in [-0.05, 0) is 24.8 Å². The Kier molecular flexibility index (Phi) is 9.72. The second kappa shape index (κ2) is 13.8. The molecular formula is C33H41N5O6. The van der Waals surface area contributed by atoms with Gasteiger partial charge >= 0.3 is 5.69 Å². The molecule has 0 bridgehead atoms. The number of aromatic nitrogens is 4. The Bertz CT molecular complexity index is 1710. The van der Waals surface area contributed by atoms with Crippen molar-refractivity contribution < 1.29 is 19.0 Å². The van der Waals surface area contributed by atoms with Crippen LogP contribution in [0.3, 0.4) is 0 Å². The number of carbonyl (C=O) groups excluding carboxylic acids is 1. The summed E-state index contributed by atoms with van der Waals surface area (Å²) in [6, 6.07) is 13.4. The second-order valence-corrected chi connectivity index (χ2v) is 11.1. The molecule has 44 heavy (non-hydrogen) atoms. The van der Waals surface area contributed by atoms with Gasteiger partial charge in [0, 0.05) is 44.1 Å². The molecule has 0 radical (unpaired) electrons. The molecule has 0 unspecified atom stereocenters. The number of hydrogen-bond donors (Lipinski definition) is 1. The maximum atomic E-state index is 13.9. The molecule has 0 atom stereocenters. The summed E-state index contributed by atoms with van der Waals surface area (Å²) in [6.07, 6.45) is 4.84. The fourth-order valence-corrected chi connectivity index (χ4v) is 6.09. The van der Waals surface area contributed by atoms with Gasteiger partial charge in [-0.25, -0.2) is 9.78 Å². The predicted octanol–water partition coefficient (Wildman–Crippen LogP) is 4.21. The first-order valence-corrected chi connectivity index (χ1v) is 15.2. The molecule has 234 valence electrons. The minimum Gasteiger partial charge on any atom is -0.496 e. The number of methoxy groups -OCH3 is 3. The van der Waals surface area contributed by atoms with Crippen LogP contribution in [0, 0.1) is 0 Å². The van der Waals surface area contributed by atoms with Crippen molar-refractivity contribution in [3.05, 3.63) is 80.3 Å². The van der Waals surface area contributed by atoms with E-state index in [1.54, 1.807) is 33.5 Å². The number of nitrogens with one attached hydrogen (secondary N) is 1. The molecule has 1 aliphatic rings. The van der Waals surface area contributed by atoms with Crippen LogP contribution in [0.4, 0.5) is 0 Å². The Morgan fingerprint density at radius 1 is 0.932 bits per heavy atom. The van der Waals surface area contributed by atoms with Crippen molar-refractivity contribution in [3.63, 3.8) is 0 Å². The lowest BCUT2D eigenvalue weighted by molar-refractivity contribution is -0.121. The van der Waals surface area contributed by atoms with E-state index in [2.05, 4.69) is 5.32 Å². The minimum atomic E-state index is -0.446. The van der Waals surface area contributed by atoms with Gasteiger partial charge in [0.25, 0.3) is 5.56 Å². The van der Waals surface area contributed by atoms with Gasteiger partial charge in [0.15, 0.2) is 11.2 Å². The van der Waals surface area contributed by atoms with Gasteiger partial charge < -0.3 is 24.1 Å². The molecule has 2 aromatic heterocycles. The summed E-state index contributed by atoms with van der Waals surface area (Å²) in [6.45, 7) is 2.93. The van der Waals surface area contributed by atoms with E-state index in [0.717, 1.165) is 37.1 Å². The molecule has 11 nitrogen and oxygen atoms in total. The lowest BCUT2D eigenvalue weighted by atomic mass is 10.1. The van der Waals surface area contributed by atoms with Crippen molar-refractivity contribution in [1.82, 2.24) is 24.0 Å². The van der Waals surface area contributed by atoms with E-state index in [1.807, 2.05) is 41.8 Å². The van der Waals surface area contributed by atoms with Crippen LogP contribution in [-0.2, 0) is 31.0 Å². The first kappa shape index (κ1) is 30.9. The van der Waals surface area contributed by atoms with Gasteiger partial charge in [-0.3, -0.25) is 18.7 Å². The molecule has 1 N–H and O–H groups in total. The highest BCUT2D eigenvalue weighted by Crippen LogP contribution is 2.35. The third kappa shape index (κ3) is 6.22. The monoisotopic (exact) mass is 603 g/mol. The lowest BCUT2D eigenvalue weighted by Gasteiger charge is -2.16. The van der Waals surface area contributed by atoms with Crippen LogP contribution in [0.2, 0.25) is 0 Å². The van der Waals surface area contributed by atoms with E-state index in [9.17, 15) is 14.4 Å². The summed E-state index contributed by atoms with van der Waals surface area (Å²) in [4.78, 5) is 45.7. The maximum Gasteiger partial charge on any atom is 0.332 e. The molecule has 0 aliphatic heterocycles. The standard InChI is InChI=1S/C33H41N5O6/c1-5-16-37-32(40)29-31(35-30(23-13-9-10-14-23)38(29)21-22-11-7-6-8-12-22)36(33(37)41)17-15-28(39)34-20-25-26(43-3)18-24(42-2)19-27(25)44-4/h6-8,11-12,18-19,23H,5,9-10,13-17,20-21H2,1-4H3,(H,34,39). The Balaban J connectivity index is 1.49. The Morgan fingerprint density at radius 3 is 2.23 bits per heavy atom. The summed E-state index contributed by atoms with van der Waals surface area (Å²) in [5.41, 5.74) is 1.69. The second-order valence-electron chi connectivity index (χ2n) is 11.1. The molecule has 0 saturated heterocycles. The number of imidazole rings is 1. The highest BCUT2D eigenvalue weighted by atomic mass is 16.5. The van der Waals surface area contributed by atoms with E-state index in [0.29, 0.717) is 46.9 Å². The van der Waals surface area contributed by atoms with Crippen molar-refractivity contribution >= 4 is 17.1 Å². The van der Waals surface area contributed by atoms with E-state index in [4.69, 9.17) is 19.2 Å². The van der Waals surface area contributed by atoms with Crippen LogP contribution in [0.15, 0.2) is 52.1 Å². The summed E-state index contributed by atoms with van der Waals surface area (Å²) in [5, 5.41) is 2.92. The summed E-state index contributed by atoms with van der Waals surface area (Å²) in [5.74, 6) is 2.40. The first-order chi connectivity index (χ1) is 21.4. The van der Waals surface area contributed by atoms with E-state index < -0.39 is 5.69 Å². The summed E-state index contributed by atoms with van der Waals surface area (Å²) in [7, 11) is 4.64. The smallest absolute Gasteiger partial charge is 0.332 e. The minimum absolute atomic E-state index is 0.0183. The van der Waals surface area contributed by atoms with Crippen molar-refractivity contribution in [2.24, 2.45) is 0 Å². The molecule has 2 heterocycles. The van der Waals surface area contributed by atoms with Gasteiger partial charge in [-0.2, -0.15) is 0 Å². The molecule has 1 fully saturated rings. The number of aryl methyl sites for hydroxylation is 1. The van der Waals surface area contributed by atoms with Gasteiger partial charge in [-0.1, -0.05) is 50.1 Å². The van der Waals surface area contributed by atoms with Crippen molar-refractivity contribution in [2.75, 3.05) is 21.3 Å². The number of amides is 1. The molecule has 5 rings (SSSR count). The normalized spacial score (nSPS) is 13.4. The molecule has 4 aromatic rings. The first-order valence-electron chi connectivity index (χ1n) is 15.2. The Hall–Kier alpha value is -4.54. The van der Waals surface area contributed by atoms with Crippen LogP contribution >= 0.6 is 0 Å². The van der Waals surface area contributed by atoms with Crippen molar-refractivity contribution in [1.29, 1.82) is 0 Å². The Morgan fingerprint density at radius 2 is 1.61 bits per heavy atom. The van der Waals surface area contributed by atoms with E-state index >= 15 is 0 Å². The number of benzene rings is 2. The molecule has 11 heteroatoms. The van der Waals surface area contributed by atoms with Crippen LogP contribution < -0.4 is 30.8 Å². The zero-order valence-corrected chi connectivity index (χ0v) is 25.9. The van der Waals surface area contributed by atoms with Gasteiger partial charge in [0.1, 0.15) is 23.1 Å². The van der Waals surface area contributed by atoms with Crippen LogP contribution in [0.5, 0.6) is 17.2 Å². The third-order valence-corrected chi connectivity index (χ3v) is 8.34. The SMILES string of the molecule is CCCn1c(=O)c2c(nc(C3CCCC3)n2Cc2ccccc2)n(CCC(=O)NCc2c(OC)cc(OC)cc2OC)c1=O. The molecule has 1 saturated carbocycles. The maximum absolute atomic E-state index is 13.9. The average Bonchev–Trinajstić information content (AvgIpc) is 3.71. The van der Waals surface area contributed by atoms with Gasteiger partial charge in [0.2, 0.25) is 5.91 Å². The number of rotatable bonds is 13. The molecule has 0 spiro atoms. The highest BCUT2D eigenvalue weighted by molar-refractivity contribution is 5.77. The quantitative estimate of drug-likeness (QED) is 0.243. The predicted molar refractivity (Wildman–Crippen MR) is 168 cm³/mol. The number of hydrogen-bond acceptors (Lipinski definition) is 7. The van der Waals surface area contributed by atoms with E-state index in [1.165, 1.54) is 9.13 Å². The average molecular weight is 604 g/mol. The van der Waals surface area contributed by atoms with Crippen LogP contribution in [0.1, 0.15) is 68.3 Å². The number of ether oxygens (including phenoxy) is 3. The van der Waals surface area contributed by atoms with Crippen molar-refractivity contribution in [2.45, 2.75) is 77.5 Å². The number of carbonyl (C=O) groups is 1. The zero-order valence-electron chi connectivity index (χ0n) is 25.9. The Labute approximate surface area is 256 Å². The van der Waals surface area contributed by atoms with Gasteiger partial charge in [-0.15, -0.1) is 0 Å². The largest absolute Gasteiger partial charge is 0.496 e. The summed E-state index contributed by atoms with van der Waals surface area (Å²) >= 11 is 0. The highest BCUT2D eigenvalue weighted by Gasteiger charge is 2.28.